The van der Waals surface area contributed by atoms with Gasteiger partial charge < -0.3 is 14.5 Å². The zero-order chi connectivity index (χ0) is 18.8. The largest absolute Gasteiger partial charge is 0.497 e. The maximum absolute atomic E-state index is 11.8. The van der Waals surface area contributed by atoms with Gasteiger partial charge in [-0.05, 0) is 58.6 Å². The molecule has 0 aliphatic heterocycles. The van der Waals surface area contributed by atoms with Crippen LogP contribution in [-0.2, 0) is 16.0 Å². The van der Waals surface area contributed by atoms with E-state index >= 15 is 0 Å². The van der Waals surface area contributed by atoms with Crippen molar-refractivity contribution in [3.63, 3.8) is 0 Å². The van der Waals surface area contributed by atoms with E-state index in [4.69, 9.17) is 9.15 Å². The molecule has 2 rings (SSSR count). The first kappa shape index (κ1) is 19.7. The molecule has 0 radical (unpaired) electrons. The molecule has 0 unspecified atom stereocenters. The Kier molecular flexibility index (Phi) is 7.88. The number of hydrogen-bond donors (Lipinski definition) is 2. The minimum Gasteiger partial charge on any atom is -0.497 e. The molecule has 0 atom stereocenters. The van der Waals surface area contributed by atoms with Crippen LogP contribution in [0.25, 0.3) is 0 Å². The van der Waals surface area contributed by atoms with Crippen molar-refractivity contribution in [1.29, 1.82) is 0 Å². The standard InChI is InChI=1S/C18H20BrN3O4/c1-25-14-7-5-13(6-8-14)3-2-4-17(23)20-12-18(24)22-21-11-15-9-10-16(19)26-15/h5-11H,2-4,12H2,1H3,(H,20,23)(H,22,24)/b21-11+. The second kappa shape index (κ2) is 10.4. The van der Waals surface area contributed by atoms with Gasteiger partial charge >= 0.3 is 0 Å². The van der Waals surface area contributed by atoms with Crippen molar-refractivity contribution in [2.75, 3.05) is 13.7 Å². The van der Waals surface area contributed by atoms with Crippen molar-refractivity contribution in [2.45, 2.75) is 19.3 Å². The number of nitrogens with zero attached hydrogens (tertiary/aromatic N) is 1. The topological polar surface area (TPSA) is 92.9 Å². The SMILES string of the molecule is COc1ccc(CCCC(=O)NCC(=O)N/N=C/c2ccc(Br)o2)cc1. The molecule has 1 heterocycles. The second-order valence-electron chi connectivity index (χ2n) is 5.41. The van der Waals surface area contributed by atoms with E-state index in [9.17, 15) is 9.59 Å². The van der Waals surface area contributed by atoms with E-state index in [-0.39, 0.29) is 12.5 Å². The molecule has 0 saturated heterocycles. The Labute approximate surface area is 159 Å². The summed E-state index contributed by atoms with van der Waals surface area (Å²) in [7, 11) is 1.62. The number of methoxy groups -OCH3 is 1. The molecular formula is C18H20BrN3O4. The lowest BCUT2D eigenvalue weighted by molar-refractivity contribution is -0.126. The van der Waals surface area contributed by atoms with Gasteiger partial charge in [0.05, 0.1) is 19.9 Å². The number of carbonyl (C=O) groups is 2. The molecule has 0 saturated carbocycles. The molecule has 0 fully saturated rings. The summed E-state index contributed by atoms with van der Waals surface area (Å²) in [5, 5.41) is 6.31. The molecule has 1 aromatic heterocycles. The molecule has 0 aliphatic rings. The highest BCUT2D eigenvalue weighted by molar-refractivity contribution is 9.10. The molecule has 2 aromatic rings. The highest BCUT2D eigenvalue weighted by atomic mass is 79.9. The summed E-state index contributed by atoms with van der Waals surface area (Å²) in [6.45, 7) is -0.124. The maximum atomic E-state index is 11.8. The van der Waals surface area contributed by atoms with Gasteiger partial charge in [0.1, 0.15) is 11.5 Å². The molecule has 0 bridgehead atoms. The number of hydrazone groups is 1. The van der Waals surface area contributed by atoms with Crippen LogP contribution in [0.3, 0.4) is 0 Å². The van der Waals surface area contributed by atoms with Crippen molar-refractivity contribution in [3.05, 3.63) is 52.4 Å². The Hall–Kier alpha value is -2.61. The van der Waals surface area contributed by atoms with Gasteiger partial charge in [0.15, 0.2) is 4.67 Å². The van der Waals surface area contributed by atoms with Gasteiger partial charge in [-0.1, -0.05) is 12.1 Å². The lowest BCUT2D eigenvalue weighted by Gasteiger charge is -2.05. The summed E-state index contributed by atoms with van der Waals surface area (Å²) in [5.41, 5.74) is 3.45. The molecule has 2 N–H and O–H groups in total. The number of ether oxygens (including phenoxy) is 1. The normalized spacial score (nSPS) is 10.7. The second-order valence-corrected chi connectivity index (χ2v) is 6.19. The van der Waals surface area contributed by atoms with Crippen LogP contribution in [0, 0.1) is 0 Å². The van der Waals surface area contributed by atoms with Crippen LogP contribution in [0.4, 0.5) is 0 Å². The Morgan fingerprint density at radius 1 is 1.19 bits per heavy atom. The molecule has 8 heteroatoms. The number of nitrogens with one attached hydrogen (secondary N) is 2. The lowest BCUT2D eigenvalue weighted by atomic mass is 10.1. The molecule has 2 amide bonds. The summed E-state index contributed by atoms with van der Waals surface area (Å²) in [6.07, 6.45) is 3.21. The lowest BCUT2D eigenvalue weighted by Crippen LogP contribution is -2.34. The number of benzene rings is 1. The first-order valence-electron chi connectivity index (χ1n) is 8.03. The third-order valence-corrected chi connectivity index (χ3v) is 3.88. The van der Waals surface area contributed by atoms with Gasteiger partial charge in [0, 0.05) is 6.42 Å². The summed E-state index contributed by atoms with van der Waals surface area (Å²) >= 11 is 3.17. The number of rotatable bonds is 9. The Bertz CT molecular complexity index is 756. The van der Waals surface area contributed by atoms with Gasteiger partial charge in [0.2, 0.25) is 5.91 Å². The van der Waals surface area contributed by atoms with E-state index in [0.717, 1.165) is 17.7 Å². The third kappa shape index (κ3) is 7.10. The zero-order valence-electron chi connectivity index (χ0n) is 14.3. The quantitative estimate of drug-likeness (QED) is 0.480. The summed E-state index contributed by atoms with van der Waals surface area (Å²) in [6, 6.07) is 11.1. The molecule has 26 heavy (non-hydrogen) atoms. The maximum Gasteiger partial charge on any atom is 0.259 e. The number of carbonyl (C=O) groups excluding carboxylic acids is 2. The first-order valence-corrected chi connectivity index (χ1v) is 8.83. The van der Waals surface area contributed by atoms with E-state index < -0.39 is 5.91 Å². The van der Waals surface area contributed by atoms with E-state index in [1.54, 1.807) is 19.2 Å². The van der Waals surface area contributed by atoms with Crippen LogP contribution in [0.1, 0.15) is 24.2 Å². The monoisotopic (exact) mass is 421 g/mol. The van der Waals surface area contributed by atoms with Crippen LogP contribution in [-0.4, -0.2) is 31.7 Å². The van der Waals surface area contributed by atoms with Crippen molar-refractivity contribution in [2.24, 2.45) is 5.10 Å². The van der Waals surface area contributed by atoms with Crippen LogP contribution in [0.2, 0.25) is 0 Å². The Morgan fingerprint density at radius 3 is 2.62 bits per heavy atom. The van der Waals surface area contributed by atoms with Gasteiger partial charge in [-0.3, -0.25) is 9.59 Å². The molecule has 0 spiro atoms. The van der Waals surface area contributed by atoms with Crippen molar-refractivity contribution < 1.29 is 18.7 Å². The van der Waals surface area contributed by atoms with Crippen LogP contribution >= 0.6 is 15.9 Å². The van der Waals surface area contributed by atoms with Gasteiger partial charge in [-0.25, -0.2) is 5.43 Å². The van der Waals surface area contributed by atoms with E-state index in [0.29, 0.717) is 23.3 Å². The molecule has 7 nitrogen and oxygen atoms in total. The summed E-state index contributed by atoms with van der Waals surface area (Å²) < 4.78 is 10.9. The van der Waals surface area contributed by atoms with Crippen molar-refractivity contribution >= 4 is 34.0 Å². The number of halogens is 1. The molecule has 0 aliphatic carbocycles. The highest BCUT2D eigenvalue weighted by Crippen LogP contribution is 2.13. The number of aryl methyl sites for hydroxylation is 1. The molecule has 138 valence electrons. The van der Waals surface area contributed by atoms with E-state index in [2.05, 4.69) is 31.8 Å². The van der Waals surface area contributed by atoms with E-state index in [1.165, 1.54) is 6.21 Å². The summed E-state index contributed by atoms with van der Waals surface area (Å²) in [4.78, 5) is 23.4. The van der Waals surface area contributed by atoms with Crippen molar-refractivity contribution in [3.8, 4) is 5.75 Å². The first-order chi connectivity index (χ1) is 12.6. The van der Waals surface area contributed by atoms with Crippen LogP contribution in [0.15, 0.2) is 50.6 Å². The number of furan rings is 1. The van der Waals surface area contributed by atoms with Gasteiger partial charge in [-0.15, -0.1) is 0 Å². The Morgan fingerprint density at radius 2 is 1.96 bits per heavy atom. The van der Waals surface area contributed by atoms with Gasteiger partial charge in [0.25, 0.3) is 5.91 Å². The van der Waals surface area contributed by atoms with E-state index in [1.807, 2.05) is 24.3 Å². The zero-order valence-corrected chi connectivity index (χ0v) is 15.9. The summed E-state index contributed by atoms with van der Waals surface area (Å²) in [5.74, 6) is 0.725. The average Bonchev–Trinajstić information content (AvgIpc) is 3.06. The van der Waals surface area contributed by atoms with Gasteiger partial charge in [-0.2, -0.15) is 5.10 Å². The minimum absolute atomic E-state index is 0.124. The van der Waals surface area contributed by atoms with Crippen LogP contribution < -0.4 is 15.5 Å². The highest BCUT2D eigenvalue weighted by Gasteiger charge is 2.05. The molecular weight excluding hydrogens is 402 g/mol. The fourth-order valence-electron chi connectivity index (χ4n) is 2.12. The number of hydrogen-bond acceptors (Lipinski definition) is 5. The smallest absolute Gasteiger partial charge is 0.259 e. The predicted molar refractivity (Wildman–Crippen MR) is 101 cm³/mol. The predicted octanol–water partition coefficient (Wildman–Crippen LogP) is 2.64. The average molecular weight is 422 g/mol. The minimum atomic E-state index is -0.407. The number of amides is 2. The Balaban J connectivity index is 1.60. The molecule has 1 aromatic carbocycles. The fourth-order valence-corrected chi connectivity index (χ4v) is 2.44. The third-order valence-electron chi connectivity index (χ3n) is 3.45. The van der Waals surface area contributed by atoms with Crippen LogP contribution in [0.5, 0.6) is 5.75 Å². The van der Waals surface area contributed by atoms with Crippen molar-refractivity contribution in [1.82, 2.24) is 10.7 Å². The fraction of sp³-hybridized carbons (Fsp3) is 0.278.